The number of nitrogens with one attached hydrogen (secondary N) is 1. The molecule has 1 aliphatic rings. The Morgan fingerprint density at radius 1 is 1.35 bits per heavy atom. The number of benzene rings is 1. The minimum atomic E-state index is -0.352. The van der Waals surface area contributed by atoms with Gasteiger partial charge < -0.3 is 19.4 Å². The van der Waals surface area contributed by atoms with Crippen LogP contribution in [0.1, 0.15) is 24.4 Å². The molecular formula is C19H26N4O3. The highest BCUT2D eigenvalue weighted by molar-refractivity contribution is 5.71. The fourth-order valence-electron chi connectivity index (χ4n) is 3.16. The highest BCUT2D eigenvalue weighted by Gasteiger charge is 2.26. The van der Waals surface area contributed by atoms with Crippen molar-refractivity contribution in [3.05, 3.63) is 48.0 Å². The molecule has 1 unspecified atom stereocenters. The zero-order valence-electron chi connectivity index (χ0n) is 15.4. The van der Waals surface area contributed by atoms with E-state index in [0.29, 0.717) is 12.4 Å². The van der Waals surface area contributed by atoms with E-state index in [-0.39, 0.29) is 18.6 Å². The average Bonchev–Trinajstić information content (AvgIpc) is 3.08. The summed E-state index contributed by atoms with van der Waals surface area (Å²) in [7, 11) is 2.03. The number of hydrogen-bond donors (Lipinski definition) is 1. The van der Waals surface area contributed by atoms with Gasteiger partial charge in [0.25, 0.3) is 0 Å². The molecular weight excluding hydrogens is 332 g/mol. The Balaban J connectivity index is 1.60. The van der Waals surface area contributed by atoms with Gasteiger partial charge in [0.15, 0.2) is 6.61 Å². The topological polar surface area (TPSA) is 68.6 Å². The summed E-state index contributed by atoms with van der Waals surface area (Å²) in [6.45, 7) is 5.76. The predicted molar refractivity (Wildman–Crippen MR) is 97.8 cm³/mol. The third-order valence-electron chi connectivity index (χ3n) is 4.48. The number of esters is 1. The lowest BCUT2D eigenvalue weighted by Gasteiger charge is -2.35. The summed E-state index contributed by atoms with van der Waals surface area (Å²) in [6.07, 6.45) is 3.83. The van der Waals surface area contributed by atoms with Crippen molar-refractivity contribution in [1.82, 2.24) is 19.8 Å². The van der Waals surface area contributed by atoms with Crippen LogP contribution in [0.5, 0.6) is 5.75 Å². The molecule has 1 N–H and O–H groups in total. The number of imidazole rings is 1. The number of carbonyl (C=O) groups excluding carboxylic acids is 1. The molecule has 3 rings (SSSR count). The number of ether oxygens (including phenoxy) is 2. The van der Waals surface area contributed by atoms with Crippen molar-refractivity contribution in [3.8, 4) is 5.75 Å². The molecule has 2 heterocycles. The van der Waals surface area contributed by atoms with Crippen molar-refractivity contribution < 1.29 is 14.3 Å². The first-order chi connectivity index (χ1) is 12.7. The van der Waals surface area contributed by atoms with Gasteiger partial charge in [-0.1, -0.05) is 12.1 Å². The molecule has 0 spiro atoms. The number of aryl methyl sites for hydroxylation is 1. The predicted octanol–water partition coefficient (Wildman–Crippen LogP) is 1.51. The van der Waals surface area contributed by atoms with Crippen LogP contribution in [0.25, 0.3) is 0 Å². The van der Waals surface area contributed by atoms with E-state index in [9.17, 15) is 4.79 Å². The van der Waals surface area contributed by atoms with Crippen molar-refractivity contribution in [2.24, 2.45) is 7.05 Å². The van der Waals surface area contributed by atoms with Gasteiger partial charge in [-0.3, -0.25) is 4.90 Å². The average molecular weight is 358 g/mol. The molecule has 0 saturated carbocycles. The largest absolute Gasteiger partial charge is 0.482 e. The maximum absolute atomic E-state index is 11.4. The summed E-state index contributed by atoms with van der Waals surface area (Å²) in [5.41, 5.74) is 1.20. The molecule has 140 valence electrons. The molecule has 1 aromatic heterocycles. The molecule has 7 nitrogen and oxygen atoms in total. The molecule has 2 aromatic rings. The second kappa shape index (κ2) is 8.82. The lowest BCUT2D eigenvalue weighted by atomic mass is 10.1. The highest BCUT2D eigenvalue weighted by Crippen LogP contribution is 2.23. The van der Waals surface area contributed by atoms with E-state index in [0.717, 1.165) is 32.0 Å². The van der Waals surface area contributed by atoms with E-state index < -0.39 is 0 Å². The second-order valence-corrected chi connectivity index (χ2v) is 6.32. The smallest absolute Gasteiger partial charge is 0.344 e. The standard InChI is InChI=1S/C19H26N4O3/c1-3-25-18(24)14-26-16-6-4-15(5-7-16)13-23-11-8-20-12-17(23)19-21-9-10-22(19)2/h4-7,9-10,17,20H,3,8,11-14H2,1-2H3. The molecule has 1 atom stereocenters. The Morgan fingerprint density at radius 2 is 2.15 bits per heavy atom. The molecule has 1 saturated heterocycles. The van der Waals surface area contributed by atoms with Crippen molar-refractivity contribution >= 4 is 5.97 Å². The fourth-order valence-corrected chi connectivity index (χ4v) is 3.16. The van der Waals surface area contributed by atoms with E-state index in [1.54, 1.807) is 6.92 Å². The number of carbonyl (C=O) groups is 1. The van der Waals surface area contributed by atoms with E-state index in [1.807, 2.05) is 43.7 Å². The quantitative estimate of drug-likeness (QED) is 0.757. The van der Waals surface area contributed by atoms with Gasteiger partial charge in [-0.15, -0.1) is 0 Å². The zero-order chi connectivity index (χ0) is 18.4. The Kier molecular flexibility index (Phi) is 6.25. The van der Waals surface area contributed by atoms with Crippen molar-refractivity contribution in [1.29, 1.82) is 0 Å². The summed E-state index contributed by atoms with van der Waals surface area (Å²) in [5, 5.41) is 3.45. The summed E-state index contributed by atoms with van der Waals surface area (Å²) in [4.78, 5) is 18.3. The summed E-state index contributed by atoms with van der Waals surface area (Å²) < 4.78 is 12.4. The molecule has 26 heavy (non-hydrogen) atoms. The first-order valence-corrected chi connectivity index (χ1v) is 8.96. The number of rotatable bonds is 7. The maximum Gasteiger partial charge on any atom is 0.344 e. The lowest BCUT2D eigenvalue weighted by molar-refractivity contribution is -0.145. The van der Waals surface area contributed by atoms with Crippen LogP contribution in [0.15, 0.2) is 36.7 Å². The van der Waals surface area contributed by atoms with Gasteiger partial charge in [-0.25, -0.2) is 9.78 Å². The molecule has 7 heteroatoms. The van der Waals surface area contributed by atoms with Crippen molar-refractivity contribution in [2.45, 2.75) is 19.5 Å². The number of piperazine rings is 1. The minimum Gasteiger partial charge on any atom is -0.482 e. The van der Waals surface area contributed by atoms with Crippen LogP contribution in [-0.2, 0) is 23.1 Å². The van der Waals surface area contributed by atoms with Gasteiger partial charge >= 0.3 is 5.97 Å². The van der Waals surface area contributed by atoms with Gasteiger partial charge in [0.05, 0.1) is 12.6 Å². The fraction of sp³-hybridized carbons (Fsp3) is 0.474. The Morgan fingerprint density at radius 3 is 2.85 bits per heavy atom. The third-order valence-corrected chi connectivity index (χ3v) is 4.48. The number of hydrogen-bond acceptors (Lipinski definition) is 6. The van der Waals surface area contributed by atoms with Crippen molar-refractivity contribution in [3.63, 3.8) is 0 Å². The summed E-state index contributed by atoms with van der Waals surface area (Å²) in [6, 6.07) is 8.12. The lowest BCUT2D eigenvalue weighted by Crippen LogP contribution is -2.46. The van der Waals surface area contributed by atoms with Gasteiger partial charge in [-0.2, -0.15) is 0 Å². The maximum atomic E-state index is 11.4. The van der Waals surface area contributed by atoms with Crippen LogP contribution in [0.4, 0.5) is 0 Å². The Bertz CT molecular complexity index is 714. The van der Waals surface area contributed by atoms with E-state index in [2.05, 4.69) is 19.8 Å². The van der Waals surface area contributed by atoms with Crippen molar-refractivity contribution in [2.75, 3.05) is 32.8 Å². The summed E-state index contributed by atoms with van der Waals surface area (Å²) in [5.74, 6) is 1.39. The third kappa shape index (κ3) is 4.62. The number of nitrogens with zero attached hydrogens (tertiary/aromatic N) is 3. The summed E-state index contributed by atoms with van der Waals surface area (Å²) >= 11 is 0. The van der Waals surface area contributed by atoms with Gasteiger partial charge in [-0.05, 0) is 24.6 Å². The van der Waals surface area contributed by atoms with Crippen LogP contribution < -0.4 is 10.1 Å². The molecule has 0 radical (unpaired) electrons. The van der Waals surface area contributed by atoms with E-state index in [4.69, 9.17) is 9.47 Å². The molecule has 0 bridgehead atoms. The van der Waals surface area contributed by atoms with Gasteiger partial charge in [0, 0.05) is 45.6 Å². The highest BCUT2D eigenvalue weighted by atomic mass is 16.6. The molecule has 1 aliphatic heterocycles. The Labute approximate surface area is 153 Å². The van der Waals surface area contributed by atoms with E-state index in [1.165, 1.54) is 5.56 Å². The van der Waals surface area contributed by atoms with Crippen LogP contribution in [0, 0.1) is 0 Å². The normalized spacial score (nSPS) is 17.8. The first-order valence-electron chi connectivity index (χ1n) is 8.96. The molecule has 1 fully saturated rings. The SMILES string of the molecule is CCOC(=O)COc1ccc(CN2CCNCC2c2nccn2C)cc1. The molecule has 1 aromatic carbocycles. The first kappa shape index (κ1) is 18.4. The van der Waals surface area contributed by atoms with Crippen LogP contribution in [0.2, 0.25) is 0 Å². The zero-order valence-corrected chi connectivity index (χ0v) is 15.4. The molecule has 0 aliphatic carbocycles. The van der Waals surface area contributed by atoms with Crippen LogP contribution >= 0.6 is 0 Å². The monoisotopic (exact) mass is 358 g/mol. The van der Waals surface area contributed by atoms with Crippen LogP contribution in [-0.4, -0.2) is 53.3 Å². The van der Waals surface area contributed by atoms with Gasteiger partial charge in [0.2, 0.25) is 0 Å². The Hall–Kier alpha value is -2.38. The van der Waals surface area contributed by atoms with E-state index >= 15 is 0 Å². The minimum absolute atomic E-state index is 0.0633. The van der Waals surface area contributed by atoms with Crippen LogP contribution in [0.3, 0.4) is 0 Å². The van der Waals surface area contributed by atoms with Gasteiger partial charge in [0.1, 0.15) is 11.6 Å². The second-order valence-electron chi connectivity index (χ2n) is 6.32. The number of aromatic nitrogens is 2. The molecule has 0 amide bonds.